The van der Waals surface area contributed by atoms with E-state index < -0.39 is 5.97 Å². The van der Waals surface area contributed by atoms with Crippen molar-refractivity contribution in [3.05, 3.63) is 46.0 Å². The lowest BCUT2D eigenvalue weighted by Crippen LogP contribution is -2.24. The van der Waals surface area contributed by atoms with E-state index >= 15 is 0 Å². The Morgan fingerprint density at radius 1 is 1.50 bits per heavy atom. The van der Waals surface area contributed by atoms with E-state index in [0.29, 0.717) is 24.4 Å². The van der Waals surface area contributed by atoms with E-state index in [0.717, 1.165) is 5.56 Å². The van der Waals surface area contributed by atoms with Gasteiger partial charge in [-0.2, -0.15) is 0 Å². The summed E-state index contributed by atoms with van der Waals surface area (Å²) in [6.07, 6.45) is 1.76. The van der Waals surface area contributed by atoms with Crippen LogP contribution in [-0.2, 0) is 11.3 Å². The Morgan fingerprint density at radius 2 is 2.25 bits per heavy atom. The fourth-order valence-corrected chi connectivity index (χ4v) is 2.03. The number of aryl methyl sites for hydroxylation is 1. The molecule has 0 radical (unpaired) electrons. The van der Waals surface area contributed by atoms with Crippen LogP contribution in [0.15, 0.2) is 29.2 Å². The lowest BCUT2D eigenvalue weighted by atomic mass is 10.2. The first-order valence-corrected chi connectivity index (χ1v) is 6.35. The van der Waals surface area contributed by atoms with Crippen molar-refractivity contribution in [2.75, 3.05) is 13.6 Å². The number of hydrogen-bond donors (Lipinski definition) is 1. The fourth-order valence-electron chi connectivity index (χ4n) is 2.03. The third-order valence-electron chi connectivity index (χ3n) is 3.08. The molecule has 2 heterocycles. The number of carbonyl (C=O) groups is 1. The summed E-state index contributed by atoms with van der Waals surface area (Å²) in [6.45, 7) is 2.78. The van der Waals surface area contributed by atoms with Crippen molar-refractivity contribution in [2.45, 2.75) is 19.9 Å². The fraction of sp³-hybridized carbons (Fsp3) is 0.357. The summed E-state index contributed by atoms with van der Waals surface area (Å²) >= 11 is 0. The van der Waals surface area contributed by atoms with Crippen LogP contribution in [0, 0.1) is 6.92 Å². The van der Waals surface area contributed by atoms with Crippen molar-refractivity contribution in [2.24, 2.45) is 0 Å². The van der Waals surface area contributed by atoms with Crippen molar-refractivity contribution >= 4 is 11.6 Å². The molecule has 2 rings (SSSR count). The molecule has 0 aliphatic heterocycles. The van der Waals surface area contributed by atoms with E-state index in [9.17, 15) is 9.59 Å². The molecule has 1 N–H and O–H groups in total. The summed E-state index contributed by atoms with van der Waals surface area (Å²) in [6, 6.07) is 5.20. The second kappa shape index (κ2) is 5.83. The van der Waals surface area contributed by atoms with E-state index in [1.54, 1.807) is 6.20 Å². The number of carboxylic acids is 1. The maximum Gasteiger partial charge on any atom is 0.304 e. The number of carboxylic acid groups (broad SMARTS) is 1. The van der Waals surface area contributed by atoms with Crippen LogP contribution in [0.3, 0.4) is 0 Å². The highest BCUT2D eigenvalue weighted by Crippen LogP contribution is 2.07. The summed E-state index contributed by atoms with van der Waals surface area (Å²) in [5.41, 5.74) is 2.10. The van der Waals surface area contributed by atoms with E-state index in [4.69, 9.17) is 5.11 Å². The largest absolute Gasteiger partial charge is 0.481 e. The first kappa shape index (κ1) is 14.2. The van der Waals surface area contributed by atoms with Crippen molar-refractivity contribution in [3.63, 3.8) is 0 Å². The van der Waals surface area contributed by atoms with Gasteiger partial charge in [-0.05, 0) is 25.6 Å². The smallest absolute Gasteiger partial charge is 0.304 e. The Labute approximate surface area is 116 Å². The Bertz CT molecular complexity index is 694. The molecule has 0 amide bonds. The molecule has 0 unspecified atom stereocenters. The van der Waals surface area contributed by atoms with Gasteiger partial charge in [0.05, 0.1) is 12.1 Å². The molecular weight excluding hydrogens is 258 g/mol. The van der Waals surface area contributed by atoms with E-state index in [1.807, 2.05) is 31.0 Å². The minimum atomic E-state index is -0.834. The van der Waals surface area contributed by atoms with Crippen molar-refractivity contribution < 1.29 is 9.90 Å². The molecule has 20 heavy (non-hydrogen) atoms. The van der Waals surface area contributed by atoms with Gasteiger partial charge < -0.3 is 5.11 Å². The molecule has 2 aromatic heterocycles. The molecule has 0 bridgehead atoms. The third-order valence-corrected chi connectivity index (χ3v) is 3.08. The van der Waals surface area contributed by atoms with Gasteiger partial charge in [0.25, 0.3) is 5.56 Å². The Balaban J connectivity index is 2.25. The Morgan fingerprint density at radius 3 is 2.95 bits per heavy atom. The summed E-state index contributed by atoms with van der Waals surface area (Å²) in [5.74, 6) is -0.834. The standard InChI is InChI=1S/C14H17N3O3/c1-10-4-3-6-17-12(18)8-11(15-14(10)17)9-16(2)7-5-13(19)20/h3-4,6,8H,5,7,9H2,1-2H3,(H,19,20). The van der Waals surface area contributed by atoms with Gasteiger partial charge in [-0.25, -0.2) is 4.98 Å². The predicted molar refractivity (Wildman–Crippen MR) is 74.8 cm³/mol. The number of rotatable bonds is 5. The van der Waals surface area contributed by atoms with Crippen LogP contribution in [-0.4, -0.2) is 39.0 Å². The Hall–Kier alpha value is -2.21. The van der Waals surface area contributed by atoms with E-state index in [2.05, 4.69) is 4.98 Å². The molecule has 6 nitrogen and oxygen atoms in total. The average molecular weight is 275 g/mol. The number of aliphatic carboxylic acids is 1. The predicted octanol–water partition coefficient (Wildman–Crippen LogP) is 0.909. The summed E-state index contributed by atoms with van der Waals surface area (Å²) in [7, 11) is 1.81. The van der Waals surface area contributed by atoms with Crippen LogP contribution in [0.25, 0.3) is 5.65 Å². The first-order valence-electron chi connectivity index (χ1n) is 6.35. The normalized spacial score (nSPS) is 11.2. The highest BCUT2D eigenvalue weighted by atomic mass is 16.4. The summed E-state index contributed by atoms with van der Waals surface area (Å²) in [5, 5.41) is 8.65. The highest BCUT2D eigenvalue weighted by Gasteiger charge is 2.08. The molecule has 0 saturated carbocycles. The number of hydrogen-bond acceptors (Lipinski definition) is 4. The van der Waals surface area contributed by atoms with Gasteiger partial charge in [-0.15, -0.1) is 0 Å². The van der Waals surface area contributed by atoms with Gasteiger partial charge in [0.15, 0.2) is 0 Å². The zero-order valence-corrected chi connectivity index (χ0v) is 11.5. The van der Waals surface area contributed by atoms with Gasteiger partial charge in [0, 0.05) is 25.4 Å². The number of nitrogens with zero attached hydrogens (tertiary/aromatic N) is 3. The molecule has 0 aromatic carbocycles. The molecule has 0 fully saturated rings. The van der Waals surface area contributed by atoms with Gasteiger partial charge in [0.1, 0.15) is 5.65 Å². The monoisotopic (exact) mass is 275 g/mol. The van der Waals surface area contributed by atoms with Crippen LogP contribution in [0.2, 0.25) is 0 Å². The van der Waals surface area contributed by atoms with Gasteiger partial charge in [-0.3, -0.25) is 18.9 Å². The molecule has 0 saturated heterocycles. The third kappa shape index (κ3) is 3.21. The van der Waals surface area contributed by atoms with Crippen LogP contribution in [0.1, 0.15) is 17.7 Å². The highest BCUT2D eigenvalue weighted by molar-refractivity contribution is 5.66. The zero-order valence-electron chi connectivity index (χ0n) is 11.5. The zero-order chi connectivity index (χ0) is 14.7. The molecule has 0 aliphatic rings. The maximum absolute atomic E-state index is 12.0. The van der Waals surface area contributed by atoms with E-state index in [-0.39, 0.29) is 12.0 Å². The SMILES string of the molecule is Cc1cccn2c(=O)cc(CN(C)CCC(=O)O)nc12. The number of aromatic nitrogens is 2. The molecule has 0 atom stereocenters. The average Bonchev–Trinajstić information content (AvgIpc) is 2.38. The Kier molecular flexibility index (Phi) is 4.14. The number of pyridine rings is 1. The lowest BCUT2D eigenvalue weighted by molar-refractivity contribution is -0.137. The summed E-state index contributed by atoms with van der Waals surface area (Å²) in [4.78, 5) is 28.9. The number of fused-ring (bicyclic) bond motifs is 1. The minimum Gasteiger partial charge on any atom is -0.481 e. The maximum atomic E-state index is 12.0. The van der Waals surface area contributed by atoms with Gasteiger partial charge >= 0.3 is 5.97 Å². The van der Waals surface area contributed by atoms with Crippen molar-refractivity contribution in [1.29, 1.82) is 0 Å². The van der Waals surface area contributed by atoms with Crippen molar-refractivity contribution in [3.8, 4) is 0 Å². The molecule has 106 valence electrons. The van der Waals surface area contributed by atoms with Crippen molar-refractivity contribution in [1.82, 2.24) is 14.3 Å². The quantitative estimate of drug-likeness (QED) is 0.878. The lowest BCUT2D eigenvalue weighted by Gasteiger charge is -2.15. The topological polar surface area (TPSA) is 74.9 Å². The van der Waals surface area contributed by atoms with Crippen LogP contribution < -0.4 is 5.56 Å². The molecular formula is C14H17N3O3. The van der Waals surface area contributed by atoms with Gasteiger partial charge in [-0.1, -0.05) is 6.07 Å². The molecule has 0 spiro atoms. The van der Waals surface area contributed by atoms with E-state index in [1.165, 1.54) is 10.5 Å². The second-order valence-electron chi connectivity index (χ2n) is 4.85. The first-order chi connectivity index (χ1) is 9.47. The van der Waals surface area contributed by atoms with Crippen LogP contribution in [0.5, 0.6) is 0 Å². The molecule has 6 heteroatoms. The molecule has 2 aromatic rings. The van der Waals surface area contributed by atoms with Crippen LogP contribution in [0.4, 0.5) is 0 Å². The van der Waals surface area contributed by atoms with Gasteiger partial charge in [0.2, 0.25) is 0 Å². The molecule has 0 aliphatic carbocycles. The minimum absolute atomic E-state index is 0.0715. The van der Waals surface area contributed by atoms with Crippen LogP contribution >= 0.6 is 0 Å². The second-order valence-corrected chi connectivity index (χ2v) is 4.85. The summed E-state index contributed by atoms with van der Waals surface area (Å²) < 4.78 is 1.51.